The maximum absolute atomic E-state index is 13.9. The van der Waals surface area contributed by atoms with E-state index in [1.165, 1.54) is 6.92 Å². The van der Waals surface area contributed by atoms with E-state index in [9.17, 15) is 28.3 Å². The van der Waals surface area contributed by atoms with Gasteiger partial charge in [-0.2, -0.15) is 4.39 Å². The highest BCUT2D eigenvalue weighted by atomic mass is 19.1. The van der Waals surface area contributed by atoms with Gasteiger partial charge in [0.25, 0.3) is 11.8 Å². The standard InChI is InChI=1S/C16H13F2NO6/c1-7-8(4-13(22)25-19-11(20)2-3-12(19)21)6-24-16-9(7)5-10(17)15(23)14(16)18/h5,23H,2-4,6H2,1H3. The predicted molar refractivity (Wildman–Crippen MR) is 77.9 cm³/mol. The van der Waals surface area contributed by atoms with E-state index in [0.29, 0.717) is 16.2 Å². The highest BCUT2D eigenvalue weighted by molar-refractivity contribution is 6.01. The van der Waals surface area contributed by atoms with Gasteiger partial charge >= 0.3 is 5.97 Å². The number of phenolic OH excluding ortho intramolecular Hbond substituents is 1. The molecule has 1 saturated heterocycles. The monoisotopic (exact) mass is 353 g/mol. The van der Waals surface area contributed by atoms with Crippen molar-refractivity contribution < 1.29 is 37.8 Å². The van der Waals surface area contributed by atoms with Gasteiger partial charge in [0, 0.05) is 18.4 Å². The number of hydroxylamine groups is 2. The first-order chi connectivity index (χ1) is 11.8. The largest absolute Gasteiger partial charge is 0.503 e. The summed E-state index contributed by atoms with van der Waals surface area (Å²) in [6.07, 6.45) is -0.370. The summed E-state index contributed by atoms with van der Waals surface area (Å²) < 4.78 is 32.6. The number of allylic oxidation sites excluding steroid dienone is 1. The second kappa shape index (κ2) is 6.15. The summed E-state index contributed by atoms with van der Waals surface area (Å²) >= 11 is 0. The van der Waals surface area contributed by atoms with Crippen LogP contribution >= 0.6 is 0 Å². The number of carbonyl (C=O) groups excluding carboxylic acids is 3. The van der Waals surface area contributed by atoms with Crippen molar-refractivity contribution in [2.45, 2.75) is 26.2 Å². The van der Waals surface area contributed by atoms with Gasteiger partial charge < -0.3 is 14.7 Å². The molecule has 1 aromatic carbocycles. The van der Waals surface area contributed by atoms with Crippen LogP contribution in [0.25, 0.3) is 5.57 Å². The normalized spacial score (nSPS) is 16.8. The zero-order chi connectivity index (χ0) is 18.3. The summed E-state index contributed by atoms with van der Waals surface area (Å²) in [6, 6.07) is 0.904. The molecule has 2 heterocycles. The van der Waals surface area contributed by atoms with Crippen LogP contribution in [-0.4, -0.2) is 34.6 Å². The Balaban J connectivity index is 1.81. The lowest BCUT2D eigenvalue weighted by Gasteiger charge is -2.23. The third kappa shape index (κ3) is 2.92. The minimum absolute atomic E-state index is 0.0215. The maximum Gasteiger partial charge on any atom is 0.337 e. The number of imide groups is 1. The molecule has 132 valence electrons. The summed E-state index contributed by atoms with van der Waals surface area (Å²) in [5, 5.41) is 9.70. The molecule has 0 bridgehead atoms. The Labute approximate surface area is 140 Å². The lowest BCUT2D eigenvalue weighted by atomic mass is 9.96. The number of benzene rings is 1. The topological polar surface area (TPSA) is 93.1 Å². The third-order valence-corrected chi connectivity index (χ3v) is 4.03. The van der Waals surface area contributed by atoms with Crippen molar-refractivity contribution in [2.75, 3.05) is 6.61 Å². The Morgan fingerprint density at radius 3 is 2.60 bits per heavy atom. The zero-order valence-corrected chi connectivity index (χ0v) is 13.1. The summed E-state index contributed by atoms with van der Waals surface area (Å²) in [5.41, 5.74) is 0.825. The molecule has 1 N–H and O–H groups in total. The van der Waals surface area contributed by atoms with E-state index in [2.05, 4.69) is 0 Å². The fraction of sp³-hybridized carbons (Fsp3) is 0.312. The van der Waals surface area contributed by atoms with Crippen LogP contribution in [0.15, 0.2) is 11.6 Å². The summed E-state index contributed by atoms with van der Waals surface area (Å²) in [6.45, 7) is 1.35. The van der Waals surface area contributed by atoms with Crippen molar-refractivity contribution in [3.8, 4) is 11.5 Å². The molecule has 0 saturated carbocycles. The van der Waals surface area contributed by atoms with Gasteiger partial charge in [0.2, 0.25) is 5.82 Å². The highest BCUT2D eigenvalue weighted by Gasteiger charge is 2.33. The first kappa shape index (κ1) is 16.9. The van der Waals surface area contributed by atoms with Crippen molar-refractivity contribution in [3.63, 3.8) is 0 Å². The molecule has 7 nitrogen and oxygen atoms in total. The molecule has 0 radical (unpaired) electrons. The lowest BCUT2D eigenvalue weighted by molar-refractivity contribution is -0.197. The van der Waals surface area contributed by atoms with E-state index < -0.39 is 35.2 Å². The molecule has 0 atom stereocenters. The molecule has 2 amide bonds. The number of aromatic hydroxyl groups is 1. The van der Waals surface area contributed by atoms with Crippen LogP contribution < -0.4 is 4.74 Å². The quantitative estimate of drug-likeness (QED) is 0.834. The van der Waals surface area contributed by atoms with Gasteiger partial charge in [0.15, 0.2) is 17.3 Å². The van der Waals surface area contributed by atoms with Crippen molar-refractivity contribution in [3.05, 3.63) is 28.8 Å². The smallest absolute Gasteiger partial charge is 0.337 e. The Morgan fingerprint density at radius 2 is 1.96 bits per heavy atom. The number of phenols is 1. The van der Waals surface area contributed by atoms with Crippen LogP contribution in [0, 0.1) is 11.6 Å². The zero-order valence-electron chi connectivity index (χ0n) is 13.1. The van der Waals surface area contributed by atoms with Gasteiger partial charge in [-0.15, -0.1) is 5.06 Å². The fourth-order valence-corrected chi connectivity index (χ4v) is 2.62. The van der Waals surface area contributed by atoms with Crippen LogP contribution in [0.1, 0.15) is 31.7 Å². The number of ether oxygens (including phenoxy) is 1. The van der Waals surface area contributed by atoms with E-state index in [4.69, 9.17) is 9.57 Å². The molecular formula is C16H13F2NO6. The van der Waals surface area contributed by atoms with Crippen LogP contribution in [0.4, 0.5) is 8.78 Å². The predicted octanol–water partition coefficient (Wildman–Crippen LogP) is 1.83. The molecule has 9 heteroatoms. The molecule has 1 aromatic rings. The number of hydrogen-bond donors (Lipinski definition) is 1. The first-order valence-corrected chi connectivity index (χ1v) is 7.39. The molecule has 2 aliphatic heterocycles. The van der Waals surface area contributed by atoms with E-state index >= 15 is 0 Å². The van der Waals surface area contributed by atoms with Gasteiger partial charge in [-0.1, -0.05) is 0 Å². The number of nitrogens with zero attached hydrogens (tertiary/aromatic N) is 1. The molecule has 0 spiro atoms. The van der Waals surface area contributed by atoms with Gasteiger partial charge in [-0.05, 0) is 24.1 Å². The average molecular weight is 353 g/mol. The number of hydrogen-bond acceptors (Lipinski definition) is 6. The third-order valence-electron chi connectivity index (χ3n) is 4.03. The molecule has 25 heavy (non-hydrogen) atoms. The number of fused-ring (bicyclic) bond motifs is 1. The second-order valence-electron chi connectivity index (χ2n) is 5.64. The highest BCUT2D eigenvalue weighted by Crippen LogP contribution is 2.40. The molecule has 0 aromatic heterocycles. The van der Waals surface area contributed by atoms with E-state index in [0.717, 1.165) is 6.07 Å². The number of carbonyl (C=O) groups is 3. The Bertz CT molecular complexity index is 816. The Kier molecular flexibility index (Phi) is 4.15. The van der Waals surface area contributed by atoms with Crippen LogP contribution in [0.5, 0.6) is 11.5 Å². The van der Waals surface area contributed by atoms with Gasteiger partial charge in [0.05, 0.1) is 6.42 Å². The summed E-state index contributed by atoms with van der Waals surface area (Å²) in [4.78, 5) is 39.6. The second-order valence-corrected chi connectivity index (χ2v) is 5.64. The van der Waals surface area contributed by atoms with Crippen molar-refractivity contribution >= 4 is 23.4 Å². The Hall–Kier alpha value is -2.97. The number of rotatable bonds is 3. The van der Waals surface area contributed by atoms with E-state index in [1.807, 2.05) is 0 Å². The average Bonchev–Trinajstić information content (AvgIpc) is 2.88. The summed E-state index contributed by atoms with van der Waals surface area (Å²) in [7, 11) is 0. The number of amides is 2. The van der Waals surface area contributed by atoms with Crippen LogP contribution in [-0.2, 0) is 19.2 Å². The van der Waals surface area contributed by atoms with E-state index in [1.54, 1.807) is 0 Å². The fourth-order valence-electron chi connectivity index (χ4n) is 2.62. The van der Waals surface area contributed by atoms with Gasteiger partial charge in [-0.25, -0.2) is 9.18 Å². The van der Waals surface area contributed by atoms with Crippen LogP contribution in [0.3, 0.4) is 0 Å². The van der Waals surface area contributed by atoms with Gasteiger partial charge in [0.1, 0.15) is 6.61 Å². The molecule has 2 aliphatic rings. The van der Waals surface area contributed by atoms with Crippen molar-refractivity contribution in [2.24, 2.45) is 0 Å². The summed E-state index contributed by atoms with van der Waals surface area (Å²) in [5.74, 6) is -5.90. The molecule has 1 fully saturated rings. The van der Waals surface area contributed by atoms with Crippen LogP contribution in [0.2, 0.25) is 0 Å². The van der Waals surface area contributed by atoms with Crippen molar-refractivity contribution in [1.29, 1.82) is 0 Å². The SMILES string of the molecule is CC1=C(CC(=O)ON2C(=O)CCC2=O)COc2c1cc(F)c(O)c2F. The first-order valence-electron chi connectivity index (χ1n) is 7.39. The lowest BCUT2D eigenvalue weighted by Crippen LogP contribution is -2.32. The Morgan fingerprint density at radius 1 is 1.32 bits per heavy atom. The minimum Gasteiger partial charge on any atom is -0.503 e. The van der Waals surface area contributed by atoms with Gasteiger partial charge in [-0.3, -0.25) is 9.59 Å². The molecule has 0 aliphatic carbocycles. The molecular weight excluding hydrogens is 340 g/mol. The maximum atomic E-state index is 13.9. The van der Waals surface area contributed by atoms with Crippen molar-refractivity contribution in [1.82, 2.24) is 5.06 Å². The minimum atomic E-state index is -1.22. The van der Waals surface area contributed by atoms with E-state index in [-0.39, 0.29) is 37.2 Å². The molecule has 3 rings (SSSR count). The molecule has 0 unspecified atom stereocenters. The number of halogens is 2.